The molecule has 1 N–H and O–H groups in total. The lowest BCUT2D eigenvalue weighted by Crippen LogP contribution is -2.06. The Kier molecular flexibility index (Phi) is 5.02. The van der Waals surface area contributed by atoms with Gasteiger partial charge in [0.2, 0.25) is 0 Å². The van der Waals surface area contributed by atoms with Crippen molar-refractivity contribution in [1.29, 1.82) is 5.26 Å². The highest BCUT2D eigenvalue weighted by molar-refractivity contribution is 7.13. The second-order valence-corrected chi connectivity index (χ2v) is 6.14. The standard InChI is InChI=1S/C18H14N4O2S/c19-11-14-10-16(22(23)24)6-7-17(14)20-9-8-15-12-25-18(21-15)13-4-2-1-3-5-13/h1-7,10,12,20H,8-9H2. The van der Waals surface area contributed by atoms with Crippen LogP contribution in [0.1, 0.15) is 11.3 Å². The fourth-order valence-corrected chi connectivity index (χ4v) is 3.21. The Morgan fingerprint density at radius 2 is 2.04 bits per heavy atom. The highest BCUT2D eigenvalue weighted by Crippen LogP contribution is 2.24. The summed E-state index contributed by atoms with van der Waals surface area (Å²) in [5.41, 5.74) is 2.82. The van der Waals surface area contributed by atoms with Gasteiger partial charge in [0.05, 0.1) is 21.9 Å². The van der Waals surface area contributed by atoms with E-state index in [0.717, 1.165) is 16.3 Å². The van der Waals surface area contributed by atoms with Crippen molar-refractivity contribution in [3.05, 3.63) is 75.3 Å². The first-order valence-corrected chi connectivity index (χ1v) is 8.47. The predicted molar refractivity (Wildman–Crippen MR) is 97.6 cm³/mol. The van der Waals surface area contributed by atoms with E-state index in [1.54, 1.807) is 17.4 Å². The van der Waals surface area contributed by atoms with Gasteiger partial charge in [-0.25, -0.2) is 4.98 Å². The van der Waals surface area contributed by atoms with Crippen LogP contribution in [0.3, 0.4) is 0 Å². The minimum atomic E-state index is -0.509. The first-order chi connectivity index (χ1) is 12.2. The lowest BCUT2D eigenvalue weighted by molar-refractivity contribution is -0.384. The summed E-state index contributed by atoms with van der Waals surface area (Å²) in [7, 11) is 0. The first-order valence-electron chi connectivity index (χ1n) is 7.59. The molecule has 3 rings (SSSR count). The zero-order valence-electron chi connectivity index (χ0n) is 13.2. The van der Waals surface area contributed by atoms with Gasteiger partial charge in [-0.05, 0) is 6.07 Å². The maximum atomic E-state index is 10.8. The minimum Gasteiger partial charge on any atom is -0.384 e. The van der Waals surface area contributed by atoms with E-state index in [2.05, 4.69) is 10.3 Å². The number of nitriles is 1. The maximum absolute atomic E-state index is 10.8. The summed E-state index contributed by atoms with van der Waals surface area (Å²) in [6.45, 7) is 0.588. The molecule has 0 fully saturated rings. The normalized spacial score (nSPS) is 10.2. The Morgan fingerprint density at radius 3 is 2.76 bits per heavy atom. The quantitative estimate of drug-likeness (QED) is 0.530. The van der Waals surface area contributed by atoms with Crippen LogP contribution in [0.25, 0.3) is 10.6 Å². The van der Waals surface area contributed by atoms with Crippen molar-refractivity contribution in [1.82, 2.24) is 4.98 Å². The fraction of sp³-hybridized carbons (Fsp3) is 0.111. The molecule has 124 valence electrons. The van der Waals surface area contributed by atoms with Crippen molar-refractivity contribution >= 4 is 22.7 Å². The molecule has 3 aromatic rings. The SMILES string of the molecule is N#Cc1cc([N+](=O)[O-])ccc1NCCc1csc(-c2ccccc2)n1. The molecule has 6 nitrogen and oxygen atoms in total. The molecule has 1 heterocycles. The van der Waals surface area contributed by atoms with E-state index in [9.17, 15) is 10.1 Å². The molecule has 1 aromatic heterocycles. The molecule has 0 saturated heterocycles. The van der Waals surface area contributed by atoms with Crippen molar-refractivity contribution in [2.24, 2.45) is 0 Å². The van der Waals surface area contributed by atoms with Gasteiger partial charge in [0.15, 0.2) is 0 Å². The highest BCUT2D eigenvalue weighted by Gasteiger charge is 2.10. The molecule has 0 aliphatic carbocycles. The van der Waals surface area contributed by atoms with Crippen molar-refractivity contribution < 1.29 is 4.92 Å². The van der Waals surface area contributed by atoms with Crippen LogP contribution >= 0.6 is 11.3 Å². The molecule has 2 aromatic carbocycles. The Balaban J connectivity index is 1.63. The number of hydrogen-bond donors (Lipinski definition) is 1. The number of non-ortho nitro benzene ring substituents is 1. The third-order valence-electron chi connectivity index (χ3n) is 3.60. The Hall–Kier alpha value is -3.24. The largest absolute Gasteiger partial charge is 0.384 e. The molecule has 0 saturated carbocycles. The Bertz CT molecular complexity index is 932. The topological polar surface area (TPSA) is 91.8 Å². The lowest BCUT2D eigenvalue weighted by Gasteiger charge is -2.07. The fourth-order valence-electron chi connectivity index (χ4n) is 2.35. The number of hydrogen-bond acceptors (Lipinski definition) is 6. The van der Waals surface area contributed by atoms with Crippen LogP contribution in [-0.4, -0.2) is 16.5 Å². The molecular weight excluding hydrogens is 336 g/mol. The summed E-state index contributed by atoms with van der Waals surface area (Å²) in [6.07, 6.45) is 0.700. The number of nitrogens with zero attached hydrogens (tertiary/aromatic N) is 3. The summed E-state index contributed by atoms with van der Waals surface area (Å²) in [6, 6.07) is 16.2. The number of benzene rings is 2. The van der Waals surface area contributed by atoms with Crippen molar-refractivity contribution in [2.45, 2.75) is 6.42 Å². The third-order valence-corrected chi connectivity index (χ3v) is 4.54. The molecule has 7 heteroatoms. The monoisotopic (exact) mass is 350 g/mol. The zero-order chi connectivity index (χ0) is 17.6. The molecule has 25 heavy (non-hydrogen) atoms. The molecule has 0 aliphatic heterocycles. The van der Waals surface area contributed by atoms with Gasteiger partial charge in [0.1, 0.15) is 11.1 Å². The molecule has 0 aliphatic rings. The van der Waals surface area contributed by atoms with E-state index in [-0.39, 0.29) is 11.3 Å². The van der Waals surface area contributed by atoms with Gasteiger partial charge in [-0.1, -0.05) is 30.3 Å². The Labute approximate surface area is 148 Å². The average Bonchev–Trinajstić information content (AvgIpc) is 3.11. The molecule has 0 spiro atoms. The van der Waals surface area contributed by atoms with Crippen LogP contribution in [-0.2, 0) is 6.42 Å². The van der Waals surface area contributed by atoms with E-state index < -0.39 is 4.92 Å². The number of nitro benzene ring substituents is 1. The zero-order valence-corrected chi connectivity index (χ0v) is 14.0. The van der Waals surface area contributed by atoms with Crippen LogP contribution in [0.2, 0.25) is 0 Å². The number of aromatic nitrogens is 1. The van der Waals surface area contributed by atoms with Gasteiger partial charge in [-0.2, -0.15) is 5.26 Å². The van der Waals surface area contributed by atoms with Gasteiger partial charge >= 0.3 is 0 Å². The molecule has 0 bridgehead atoms. The average molecular weight is 350 g/mol. The van der Waals surface area contributed by atoms with E-state index >= 15 is 0 Å². The smallest absolute Gasteiger partial charge is 0.270 e. The van der Waals surface area contributed by atoms with Crippen molar-refractivity contribution in [3.8, 4) is 16.6 Å². The van der Waals surface area contributed by atoms with E-state index in [1.807, 2.05) is 41.8 Å². The van der Waals surface area contributed by atoms with Crippen molar-refractivity contribution in [3.63, 3.8) is 0 Å². The predicted octanol–water partition coefficient (Wildman–Crippen LogP) is 4.24. The van der Waals surface area contributed by atoms with E-state index in [4.69, 9.17) is 5.26 Å². The summed E-state index contributed by atoms with van der Waals surface area (Å²) in [4.78, 5) is 14.9. The van der Waals surface area contributed by atoms with Gasteiger partial charge < -0.3 is 5.32 Å². The van der Waals surface area contributed by atoms with Gasteiger partial charge in [0, 0.05) is 36.0 Å². The Morgan fingerprint density at radius 1 is 1.24 bits per heavy atom. The van der Waals surface area contributed by atoms with Gasteiger partial charge in [-0.15, -0.1) is 11.3 Å². The van der Waals surface area contributed by atoms with Crippen LogP contribution in [0, 0.1) is 21.4 Å². The van der Waals surface area contributed by atoms with E-state index in [0.29, 0.717) is 18.7 Å². The summed E-state index contributed by atoms with van der Waals surface area (Å²) < 4.78 is 0. The molecule has 0 radical (unpaired) electrons. The first kappa shape index (κ1) is 16.6. The number of thiazole rings is 1. The summed E-state index contributed by atoms with van der Waals surface area (Å²) in [5.74, 6) is 0. The molecule has 0 atom stereocenters. The number of nitro groups is 1. The summed E-state index contributed by atoms with van der Waals surface area (Å²) >= 11 is 1.60. The third kappa shape index (κ3) is 4.00. The van der Waals surface area contributed by atoms with Crippen LogP contribution in [0.5, 0.6) is 0 Å². The maximum Gasteiger partial charge on any atom is 0.270 e. The summed E-state index contributed by atoms with van der Waals surface area (Å²) in [5, 5.41) is 26.1. The van der Waals surface area contributed by atoms with E-state index in [1.165, 1.54) is 12.1 Å². The molecule has 0 unspecified atom stereocenters. The van der Waals surface area contributed by atoms with Gasteiger partial charge in [0.25, 0.3) is 5.69 Å². The molecule has 0 amide bonds. The number of rotatable bonds is 6. The van der Waals surface area contributed by atoms with Crippen LogP contribution in [0.15, 0.2) is 53.9 Å². The van der Waals surface area contributed by atoms with Crippen LogP contribution < -0.4 is 5.32 Å². The second-order valence-electron chi connectivity index (χ2n) is 5.29. The van der Waals surface area contributed by atoms with Crippen molar-refractivity contribution in [2.75, 3.05) is 11.9 Å². The second kappa shape index (κ2) is 7.55. The molecular formula is C18H14N4O2S. The number of anilines is 1. The van der Waals surface area contributed by atoms with Gasteiger partial charge in [-0.3, -0.25) is 10.1 Å². The lowest BCUT2D eigenvalue weighted by atomic mass is 10.1. The minimum absolute atomic E-state index is 0.0888. The number of nitrogens with one attached hydrogen (secondary N) is 1. The van der Waals surface area contributed by atoms with Crippen LogP contribution in [0.4, 0.5) is 11.4 Å². The highest BCUT2D eigenvalue weighted by atomic mass is 32.1.